The Balaban J connectivity index is 2.63. The van der Waals surface area contributed by atoms with E-state index in [0.717, 1.165) is 6.42 Å². The van der Waals surface area contributed by atoms with Crippen LogP contribution in [-0.4, -0.2) is 17.1 Å². The molecule has 1 aromatic carbocycles. The Kier molecular flexibility index (Phi) is 7.73. The molecule has 2 unspecified atom stereocenters. The summed E-state index contributed by atoms with van der Waals surface area (Å²) in [6, 6.07) is 10.7. The predicted molar refractivity (Wildman–Crippen MR) is 83.9 cm³/mol. The summed E-state index contributed by atoms with van der Waals surface area (Å²) in [5, 5.41) is 15.4. The molecule has 0 aliphatic carbocycles. The van der Waals surface area contributed by atoms with E-state index in [4.69, 9.17) is 10.9 Å². The van der Waals surface area contributed by atoms with Gasteiger partial charge in [-0.25, -0.2) is 0 Å². The van der Waals surface area contributed by atoms with Gasteiger partial charge in [0, 0.05) is 18.5 Å². The molecule has 0 aliphatic heterocycles. The van der Waals surface area contributed by atoms with Crippen LogP contribution < -0.4 is 11.1 Å². The van der Waals surface area contributed by atoms with Gasteiger partial charge in [-0.3, -0.25) is 0 Å². The Hall–Kier alpha value is -1.55. The lowest BCUT2D eigenvalue weighted by Crippen LogP contribution is -2.33. The molecule has 0 amide bonds. The monoisotopic (exact) mass is 277 g/mol. The van der Waals surface area contributed by atoms with Gasteiger partial charge < -0.3 is 16.3 Å². The lowest BCUT2D eigenvalue weighted by Gasteiger charge is -2.23. The first-order valence-corrected chi connectivity index (χ1v) is 7.44. The van der Waals surface area contributed by atoms with E-state index in [0.29, 0.717) is 12.5 Å². The number of oxime groups is 1. The van der Waals surface area contributed by atoms with Gasteiger partial charge in [-0.15, -0.1) is 0 Å². The molecule has 0 saturated heterocycles. The van der Waals surface area contributed by atoms with Crippen LogP contribution in [0.3, 0.4) is 0 Å². The average molecular weight is 277 g/mol. The Bertz CT molecular complexity index is 392. The molecule has 4 heteroatoms. The number of nitrogens with zero attached hydrogens (tertiary/aromatic N) is 1. The van der Waals surface area contributed by atoms with Gasteiger partial charge in [0.05, 0.1) is 0 Å². The van der Waals surface area contributed by atoms with Crippen molar-refractivity contribution in [2.75, 3.05) is 0 Å². The molecule has 0 radical (unpaired) electrons. The van der Waals surface area contributed by atoms with Gasteiger partial charge in [0.25, 0.3) is 0 Å². The number of unbranched alkanes of at least 4 members (excludes halogenated alkanes) is 2. The molecule has 4 nitrogen and oxygen atoms in total. The van der Waals surface area contributed by atoms with Crippen molar-refractivity contribution in [2.24, 2.45) is 10.9 Å². The van der Waals surface area contributed by atoms with Gasteiger partial charge >= 0.3 is 0 Å². The Labute approximate surface area is 122 Å². The highest BCUT2D eigenvalue weighted by molar-refractivity contribution is 5.80. The average Bonchev–Trinajstić information content (AvgIpc) is 2.47. The lowest BCUT2D eigenvalue weighted by molar-refractivity contribution is 0.315. The van der Waals surface area contributed by atoms with Crippen LogP contribution >= 0.6 is 0 Å². The van der Waals surface area contributed by atoms with E-state index in [1.54, 1.807) is 0 Å². The van der Waals surface area contributed by atoms with Gasteiger partial charge in [-0.05, 0) is 18.9 Å². The zero-order valence-electron chi connectivity index (χ0n) is 12.5. The summed E-state index contributed by atoms with van der Waals surface area (Å²) in [6.45, 7) is 4.40. The van der Waals surface area contributed by atoms with E-state index in [1.165, 1.54) is 24.8 Å². The topological polar surface area (TPSA) is 70.6 Å². The highest BCUT2D eigenvalue weighted by Crippen LogP contribution is 2.18. The minimum atomic E-state index is 0.0868. The van der Waals surface area contributed by atoms with Gasteiger partial charge in [0.1, 0.15) is 5.84 Å². The smallest absolute Gasteiger partial charge is 0.141 e. The maximum Gasteiger partial charge on any atom is 0.141 e. The first kappa shape index (κ1) is 16.5. The first-order valence-electron chi connectivity index (χ1n) is 7.44. The molecule has 0 bridgehead atoms. The van der Waals surface area contributed by atoms with E-state index in [1.807, 2.05) is 18.2 Å². The Morgan fingerprint density at radius 2 is 2.00 bits per heavy atom. The maximum absolute atomic E-state index is 8.77. The number of benzene rings is 1. The summed E-state index contributed by atoms with van der Waals surface area (Å²) < 4.78 is 0. The molecule has 1 aromatic rings. The predicted octanol–water partition coefficient (Wildman–Crippen LogP) is 3.42. The lowest BCUT2D eigenvalue weighted by atomic mass is 10.0. The molecule has 4 N–H and O–H groups in total. The highest BCUT2D eigenvalue weighted by atomic mass is 16.4. The van der Waals surface area contributed by atoms with Crippen LogP contribution in [0.2, 0.25) is 0 Å². The van der Waals surface area contributed by atoms with E-state index in [9.17, 15) is 0 Å². The number of nitrogens with one attached hydrogen (secondary N) is 1. The minimum absolute atomic E-state index is 0.0868. The maximum atomic E-state index is 8.77. The van der Waals surface area contributed by atoms with Crippen LogP contribution in [0.1, 0.15) is 57.6 Å². The molecule has 0 saturated carbocycles. The molecule has 20 heavy (non-hydrogen) atoms. The molecule has 1 rings (SSSR count). The largest absolute Gasteiger partial charge is 0.409 e. The molecule has 0 spiro atoms. The van der Waals surface area contributed by atoms with Crippen LogP contribution in [0.15, 0.2) is 35.5 Å². The van der Waals surface area contributed by atoms with Crippen molar-refractivity contribution in [2.45, 2.75) is 58.0 Å². The molecular formula is C16H27N3O. The second-order valence-corrected chi connectivity index (χ2v) is 5.32. The van der Waals surface area contributed by atoms with Crippen LogP contribution in [0.25, 0.3) is 0 Å². The second kappa shape index (κ2) is 9.37. The number of rotatable bonds is 9. The van der Waals surface area contributed by atoms with E-state index in [2.05, 4.69) is 36.5 Å². The van der Waals surface area contributed by atoms with E-state index >= 15 is 0 Å². The summed E-state index contributed by atoms with van der Waals surface area (Å²) in [7, 11) is 0. The number of amidine groups is 1. The molecule has 0 heterocycles. The molecular weight excluding hydrogens is 250 g/mol. The third-order valence-corrected chi connectivity index (χ3v) is 3.47. The highest BCUT2D eigenvalue weighted by Gasteiger charge is 2.15. The summed E-state index contributed by atoms with van der Waals surface area (Å²) in [5.74, 6) is 0.257. The zero-order valence-corrected chi connectivity index (χ0v) is 12.5. The summed E-state index contributed by atoms with van der Waals surface area (Å²) in [6.07, 6.45) is 5.39. The van der Waals surface area contributed by atoms with Crippen LogP contribution in [0.5, 0.6) is 0 Å². The zero-order chi connectivity index (χ0) is 14.8. The van der Waals surface area contributed by atoms with Crippen molar-refractivity contribution in [1.29, 1.82) is 0 Å². The third kappa shape index (κ3) is 6.06. The first-order chi connectivity index (χ1) is 9.67. The Morgan fingerprint density at radius 1 is 1.30 bits per heavy atom. The SMILES string of the molecule is CCCCCC(C)NC(CC(N)=NO)c1ccccc1. The summed E-state index contributed by atoms with van der Waals surface area (Å²) in [5.41, 5.74) is 6.84. The molecule has 0 fully saturated rings. The van der Waals surface area contributed by atoms with Gasteiger partial charge in [-0.1, -0.05) is 61.7 Å². The van der Waals surface area contributed by atoms with E-state index in [-0.39, 0.29) is 11.9 Å². The number of hydrogen-bond acceptors (Lipinski definition) is 3. The number of hydrogen-bond donors (Lipinski definition) is 3. The fourth-order valence-electron chi connectivity index (χ4n) is 2.34. The van der Waals surface area contributed by atoms with Gasteiger partial charge in [0.2, 0.25) is 0 Å². The van der Waals surface area contributed by atoms with Crippen molar-refractivity contribution in [3.05, 3.63) is 35.9 Å². The molecule has 0 aliphatic rings. The summed E-state index contributed by atoms with van der Waals surface area (Å²) >= 11 is 0. The van der Waals surface area contributed by atoms with Gasteiger partial charge in [-0.2, -0.15) is 0 Å². The standard InChI is InChI=1S/C16H27N3O/c1-3-4-6-9-13(2)18-15(12-16(17)19-20)14-10-7-5-8-11-14/h5,7-8,10-11,13,15,18,20H,3-4,6,9,12H2,1-2H3,(H2,17,19). The normalized spacial score (nSPS) is 15.0. The fourth-order valence-corrected chi connectivity index (χ4v) is 2.34. The number of nitrogens with two attached hydrogens (primary N) is 1. The molecule has 112 valence electrons. The van der Waals surface area contributed by atoms with Crippen molar-refractivity contribution < 1.29 is 5.21 Å². The van der Waals surface area contributed by atoms with Crippen molar-refractivity contribution >= 4 is 5.84 Å². The van der Waals surface area contributed by atoms with Gasteiger partial charge in [0.15, 0.2) is 0 Å². The van der Waals surface area contributed by atoms with Crippen molar-refractivity contribution in [3.8, 4) is 0 Å². The fraction of sp³-hybridized carbons (Fsp3) is 0.562. The van der Waals surface area contributed by atoms with Crippen LogP contribution in [-0.2, 0) is 0 Å². The van der Waals surface area contributed by atoms with E-state index < -0.39 is 0 Å². The molecule has 0 aromatic heterocycles. The Morgan fingerprint density at radius 3 is 2.60 bits per heavy atom. The van der Waals surface area contributed by atoms with Crippen molar-refractivity contribution in [3.63, 3.8) is 0 Å². The second-order valence-electron chi connectivity index (χ2n) is 5.32. The quantitative estimate of drug-likeness (QED) is 0.213. The van der Waals surface area contributed by atoms with Crippen LogP contribution in [0.4, 0.5) is 0 Å². The third-order valence-electron chi connectivity index (χ3n) is 3.47. The van der Waals surface area contributed by atoms with Crippen LogP contribution in [0, 0.1) is 0 Å². The van der Waals surface area contributed by atoms with Crippen molar-refractivity contribution in [1.82, 2.24) is 5.32 Å². The molecule has 2 atom stereocenters. The minimum Gasteiger partial charge on any atom is -0.409 e. The summed E-state index contributed by atoms with van der Waals surface area (Å²) in [4.78, 5) is 0.